The van der Waals surface area contributed by atoms with Gasteiger partial charge in [0.1, 0.15) is 6.10 Å². The van der Waals surface area contributed by atoms with Crippen LogP contribution in [0, 0.1) is 5.82 Å². The molecule has 1 aromatic heterocycles. The first-order valence-electron chi connectivity index (χ1n) is 12.1. The fourth-order valence-corrected chi connectivity index (χ4v) is 5.04. The SMILES string of the molecule is O=C(c1ccc(Cn2ccnc2)cc1)N1CCC(N2CCC(Oc3ccccc3F)CC2)CC1. The van der Waals surface area contributed by atoms with Crippen LogP contribution in [0.5, 0.6) is 5.75 Å². The number of carbonyl (C=O) groups excluding carboxylic acids is 1. The van der Waals surface area contributed by atoms with Crippen LogP contribution >= 0.6 is 0 Å². The van der Waals surface area contributed by atoms with Gasteiger partial charge in [0.05, 0.1) is 6.33 Å². The molecule has 2 aliphatic heterocycles. The number of benzene rings is 2. The molecule has 0 N–H and O–H groups in total. The molecule has 3 heterocycles. The van der Waals surface area contributed by atoms with Crippen LogP contribution in [0.15, 0.2) is 67.3 Å². The van der Waals surface area contributed by atoms with Crippen molar-refractivity contribution in [2.24, 2.45) is 0 Å². The Morgan fingerprint density at radius 3 is 2.38 bits per heavy atom. The highest BCUT2D eigenvalue weighted by molar-refractivity contribution is 5.94. The quantitative estimate of drug-likeness (QED) is 0.551. The molecule has 5 rings (SSSR count). The lowest BCUT2D eigenvalue weighted by atomic mass is 9.98. The van der Waals surface area contributed by atoms with Crippen LogP contribution in [0.4, 0.5) is 4.39 Å². The molecule has 0 radical (unpaired) electrons. The molecule has 2 fully saturated rings. The minimum absolute atomic E-state index is 0.0616. The summed E-state index contributed by atoms with van der Waals surface area (Å²) in [4.78, 5) is 21.6. The normalized spacial score (nSPS) is 18.2. The van der Waals surface area contributed by atoms with Gasteiger partial charge in [-0.2, -0.15) is 0 Å². The Morgan fingerprint density at radius 2 is 1.71 bits per heavy atom. The predicted molar refractivity (Wildman–Crippen MR) is 128 cm³/mol. The van der Waals surface area contributed by atoms with Gasteiger partial charge in [-0.15, -0.1) is 0 Å². The molecule has 0 unspecified atom stereocenters. The molecule has 178 valence electrons. The number of imidazole rings is 1. The summed E-state index contributed by atoms with van der Waals surface area (Å²) < 4.78 is 21.8. The van der Waals surface area contributed by atoms with Crippen LogP contribution in [-0.2, 0) is 6.54 Å². The van der Waals surface area contributed by atoms with Crippen molar-refractivity contribution >= 4 is 5.91 Å². The number of para-hydroxylation sites is 1. The van der Waals surface area contributed by atoms with Gasteiger partial charge < -0.3 is 14.2 Å². The van der Waals surface area contributed by atoms with Crippen molar-refractivity contribution in [1.29, 1.82) is 0 Å². The molecule has 0 atom stereocenters. The Balaban J connectivity index is 1.08. The van der Waals surface area contributed by atoms with E-state index in [2.05, 4.69) is 9.88 Å². The van der Waals surface area contributed by atoms with Crippen molar-refractivity contribution in [3.8, 4) is 5.75 Å². The van der Waals surface area contributed by atoms with Crippen LogP contribution in [0.25, 0.3) is 0 Å². The average molecular weight is 463 g/mol. The third-order valence-electron chi connectivity index (χ3n) is 7.00. The first-order chi connectivity index (χ1) is 16.7. The summed E-state index contributed by atoms with van der Waals surface area (Å²) >= 11 is 0. The first-order valence-corrected chi connectivity index (χ1v) is 12.1. The number of amides is 1. The molecule has 0 aliphatic carbocycles. The molecule has 0 bridgehead atoms. The van der Waals surface area contributed by atoms with E-state index in [0.717, 1.165) is 69.5 Å². The highest BCUT2D eigenvalue weighted by Crippen LogP contribution is 2.25. The number of nitrogens with zero attached hydrogens (tertiary/aromatic N) is 4. The Hall–Kier alpha value is -3.19. The van der Waals surface area contributed by atoms with Crippen LogP contribution in [0.3, 0.4) is 0 Å². The van der Waals surface area contributed by atoms with Gasteiger partial charge in [-0.3, -0.25) is 9.69 Å². The number of hydrogen-bond donors (Lipinski definition) is 0. The van der Waals surface area contributed by atoms with Gasteiger partial charge in [0.25, 0.3) is 5.91 Å². The average Bonchev–Trinajstić information content (AvgIpc) is 3.39. The molecule has 2 aliphatic rings. The molecule has 2 saturated heterocycles. The van der Waals surface area contributed by atoms with Gasteiger partial charge >= 0.3 is 0 Å². The summed E-state index contributed by atoms with van der Waals surface area (Å²) in [5, 5.41) is 0. The lowest BCUT2D eigenvalue weighted by Crippen LogP contribution is -2.50. The van der Waals surface area contributed by atoms with E-state index in [1.54, 1.807) is 30.7 Å². The zero-order valence-corrected chi connectivity index (χ0v) is 19.4. The molecular weight excluding hydrogens is 431 g/mol. The highest BCUT2D eigenvalue weighted by Gasteiger charge is 2.30. The number of likely N-dealkylation sites (tertiary alicyclic amines) is 2. The molecule has 0 saturated carbocycles. The lowest BCUT2D eigenvalue weighted by Gasteiger charge is -2.41. The third kappa shape index (κ3) is 5.30. The van der Waals surface area contributed by atoms with Gasteiger partial charge in [-0.05, 0) is 55.5 Å². The standard InChI is InChI=1S/C27H31FN4O2/c28-25-3-1-2-4-26(25)34-24-11-16-31(17-12-24)23-9-14-32(15-10-23)27(33)22-7-5-21(6-8-22)19-30-18-13-29-20-30/h1-8,13,18,20,23-24H,9-12,14-17,19H2. The Labute approximate surface area is 200 Å². The summed E-state index contributed by atoms with van der Waals surface area (Å²) in [5.74, 6) is 0.168. The second kappa shape index (κ2) is 10.4. The molecule has 3 aromatic rings. The topological polar surface area (TPSA) is 50.6 Å². The molecule has 1 amide bonds. The minimum atomic E-state index is -0.296. The van der Waals surface area contributed by atoms with E-state index in [0.29, 0.717) is 11.8 Å². The Bertz CT molecular complexity index is 1070. The predicted octanol–water partition coefficient (Wildman–Crippen LogP) is 4.22. The summed E-state index contributed by atoms with van der Waals surface area (Å²) in [6.07, 6.45) is 9.34. The first kappa shape index (κ1) is 22.6. The zero-order chi connectivity index (χ0) is 23.3. The van der Waals surface area contributed by atoms with E-state index in [9.17, 15) is 9.18 Å². The van der Waals surface area contributed by atoms with E-state index < -0.39 is 0 Å². The van der Waals surface area contributed by atoms with E-state index >= 15 is 0 Å². The summed E-state index contributed by atoms with van der Waals surface area (Å²) in [7, 11) is 0. The maximum Gasteiger partial charge on any atom is 0.253 e. The van der Waals surface area contributed by atoms with Gasteiger partial charge in [0.2, 0.25) is 0 Å². The second-order valence-corrected chi connectivity index (χ2v) is 9.24. The Morgan fingerprint density at radius 1 is 0.971 bits per heavy atom. The maximum atomic E-state index is 13.9. The van der Waals surface area contributed by atoms with Crippen LogP contribution < -0.4 is 4.74 Å². The zero-order valence-electron chi connectivity index (χ0n) is 19.4. The van der Waals surface area contributed by atoms with Gasteiger partial charge in [0, 0.05) is 56.7 Å². The largest absolute Gasteiger partial charge is 0.487 e. The summed E-state index contributed by atoms with van der Waals surface area (Å²) in [6, 6.07) is 15.0. The van der Waals surface area contributed by atoms with Gasteiger partial charge in [0.15, 0.2) is 11.6 Å². The number of ether oxygens (including phenoxy) is 1. The van der Waals surface area contributed by atoms with Crippen molar-refractivity contribution in [1.82, 2.24) is 19.4 Å². The number of rotatable bonds is 6. The molecule has 0 spiro atoms. The molecule has 2 aromatic carbocycles. The van der Waals surface area contributed by atoms with Crippen molar-refractivity contribution in [3.05, 3.63) is 84.2 Å². The third-order valence-corrected chi connectivity index (χ3v) is 7.00. The highest BCUT2D eigenvalue weighted by atomic mass is 19.1. The lowest BCUT2D eigenvalue weighted by molar-refractivity contribution is 0.0416. The fourth-order valence-electron chi connectivity index (χ4n) is 5.04. The van der Waals surface area contributed by atoms with Crippen molar-refractivity contribution in [2.75, 3.05) is 26.2 Å². The van der Waals surface area contributed by atoms with Crippen LogP contribution in [-0.4, -0.2) is 63.6 Å². The van der Waals surface area contributed by atoms with E-state index in [1.807, 2.05) is 39.9 Å². The molecule has 7 heteroatoms. The number of piperidine rings is 2. The van der Waals surface area contributed by atoms with Crippen LogP contribution in [0.2, 0.25) is 0 Å². The maximum absolute atomic E-state index is 13.9. The van der Waals surface area contributed by atoms with Crippen molar-refractivity contribution < 1.29 is 13.9 Å². The van der Waals surface area contributed by atoms with Gasteiger partial charge in [-0.25, -0.2) is 9.37 Å². The minimum Gasteiger partial charge on any atom is -0.487 e. The molecular formula is C27H31FN4O2. The van der Waals surface area contributed by atoms with Crippen molar-refractivity contribution in [2.45, 2.75) is 44.4 Å². The fraction of sp³-hybridized carbons (Fsp3) is 0.407. The van der Waals surface area contributed by atoms with Crippen LogP contribution in [0.1, 0.15) is 41.6 Å². The van der Waals surface area contributed by atoms with Crippen molar-refractivity contribution in [3.63, 3.8) is 0 Å². The number of halogens is 1. The summed E-state index contributed by atoms with van der Waals surface area (Å²) in [6.45, 7) is 4.23. The molecule has 6 nitrogen and oxygen atoms in total. The van der Waals surface area contributed by atoms with E-state index in [1.165, 1.54) is 6.07 Å². The number of aromatic nitrogens is 2. The van der Waals surface area contributed by atoms with E-state index in [4.69, 9.17) is 4.74 Å². The monoisotopic (exact) mass is 462 g/mol. The van der Waals surface area contributed by atoms with E-state index in [-0.39, 0.29) is 17.8 Å². The summed E-state index contributed by atoms with van der Waals surface area (Å²) in [5.41, 5.74) is 1.90. The molecule has 34 heavy (non-hydrogen) atoms. The number of carbonyl (C=O) groups is 1. The number of hydrogen-bond acceptors (Lipinski definition) is 4. The smallest absolute Gasteiger partial charge is 0.253 e. The second-order valence-electron chi connectivity index (χ2n) is 9.24. The Kier molecular flexibility index (Phi) is 6.90. The van der Waals surface area contributed by atoms with Gasteiger partial charge in [-0.1, -0.05) is 24.3 Å².